The number of aliphatic hydroxyl groups excluding tert-OH is 1. The first-order valence-electron chi connectivity index (χ1n) is 6.12. The second-order valence-corrected chi connectivity index (χ2v) is 5.88. The zero-order valence-electron chi connectivity index (χ0n) is 10.8. The van der Waals surface area contributed by atoms with Crippen molar-refractivity contribution in [1.82, 2.24) is 5.32 Å². The highest BCUT2D eigenvalue weighted by atomic mass is 32.1. The number of aliphatic hydroxyl groups is 1. The fourth-order valence-electron chi connectivity index (χ4n) is 1.79. The van der Waals surface area contributed by atoms with Crippen molar-refractivity contribution < 1.29 is 14.3 Å². The van der Waals surface area contributed by atoms with E-state index in [1.807, 2.05) is 13.8 Å². The van der Waals surface area contributed by atoms with Crippen LogP contribution < -0.4 is 5.32 Å². The highest BCUT2D eigenvalue weighted by Crippen LogP contribution is 2.26. The monoisotopic (exact) mass is 281 g/mol. The van der Waals surface area contributed by atoms with Crippen LogP contribution in [0.1, 0.15) is 23.5 Å². The predicted octanol–water partition coefficient (Wildman–Crippen LogP) is 2.79. The normalized spacial score (nSPS) is 12.9. The number of thiophene rings is 1. The standard InChI is InChI=1S/C14H16FNO2S/c1-8(2)11(7-17)16-14(18)13-6-9-5-10(15)3-4-12(9)19-13/h3-6,8,11,17H,7H2,1-2H3,(H,16,18)/t11-/m1/s1. The molecule has 2 N–H and O–H groups in total. The molecule has 1 atom stereocenters. The Bertz CT molecular complexity index is 594. The highest BCUT2D eigenvalue weighted by molar-refractivity contribution is 7.20. The average molecular weight is 281 g/mol. The third-order valence-corrected chi connectivity index (χ3v) is 4.13. The fraction of sp³-hybridized carbons (Fsp3) is 0.357. The number of rotatable bonds is 4. The van der Waals surface area contributed by atoms with Crippen molar-refractivity contribution >= 4 is 27.3 Å². The smallest absolute Gasteiger partial charge is 0.261 e. The maximum absolute atomic E-state index is 13.1. The molecule has 5 heteroatoms. The Morgan fingerprint density at radius 1 is 1.42 bits per heavy atom. The maximum Gasteiger partial charge on any atom is 0.261 e. The molecule has 0 aliphatic rings. The fourth-order valence-corrected chi connectivity index (χ4v) is 2.73. The predicted molar refractivity (Wildman–Crippen MR) is 75.0 cm³/mol. The van der Waals surface area contributed by atoms with Crippen LogP contribution in [0.2, 0.25) is 0 Å². The summed E-state index contributed by atoms with van der Waals surface area (Å²) in [6.45, 7) is 3.77. The van der Waals surface area contributed by atoms with Crippen LogP contribution in [0.4, 0.5) is 4.39 Å². The van der Waals surface area contributed by atoms with E-state index in [9.17, 15) is 14.3 Å². The summed E-state index contributed by atoms with van der Waals surface area (Å²) in [4.78, 5) is 12.6. The van der Waals surface area contributed by atoms with E-state index in [0.29, 0.717) is 4.88 Å². The molecule has 19 heavy (non-hydrogen) atoms. The molecule has 1 amide bonds. The van der Waals surface area contributed by atoms with Gasteiger partial charge in [-0.3, -0.25) is 4.79 Å². The van der Waals surface area contributed by atoms with E-state index in [-0.39, 0.29) is 30.3 Å². The largest absolute Gasteiger partial charge is 0.394 e. The summed E-state index contributed by atoms with van der Waals surface area (Å²) < 4.78 is 14.0. The molecule has 0 radical (unpaired) electrons. The third kappa shape index (κ3) is 3.11. The Morgan fingerprint density at radius 2 is 2.16 bits per heavy atom. The molecule has 0 unspecified atom stereocenters. The van der Waals surface area contributed by atoms with Crippen molar-refractivity contribution in [1.29, 1.82) is 0 Å². The first-order valence-corrected chi connectivity index (χ1v) is 6.93. The van der Waals surface area contributed by atoms with E-state index in [2.05, 4.69) is 5.32 Å². The molecule has 1 aromatic carbocycles. The van der Waals surface area contributed by atoms with Crippen LogP contribution in [0.25, 0.3) is 10.1 Å². The van der Waals surface area contributed by atoms with Crippen LogP contribution in [0.15, 0.2) is 24.3 Å². The molecule has 0 saturated carbocycles. The molecule has 0 aliphatic heterocycles. The van der Waals surface area contributed by atoms with Crippen LogP contribution in [-0.4, -0.2) is 23.7 Å². The number of carbonyl (C=O) groups excluding carboxylic acids is 1. The van der Waals surface area contributed by atoms with E-state index in [1.165, 1.54) is 23.5 Å². The van der Waals surface area contributed by atoms with Crippen LogP contribution in [0, 0.1) is 11.7 Å². The lowest BCUT2D eigenvalue weighted by atomic mass is 10.1. The molecular weight excluding hydrogens is 265 g/mol. The molecule has 0 spiro atoms. The number of benzene rings is 1. The van der Waals surface area contributed by atoms with Gasteiger partial charge in [0.15, 0.2) is 0 Å². The average Bonchev–Trinajstić information content (AvgIpc) is 2.78. The molecule has 1 heterocycles. The van der Waals surface area contributed by atoms with Gasteiger partial charge in [0.2, 0.25) is 0 Å². The van der Waals surface area contributed by atoms with Gasteiger partial charge in [0.25, 0.3) is 5.91 Å². The molecule has 3 nitrogen and oxygen atoms in total. The number of hydrogen-bond donors (Lipinski definition) is 2. The van der Waals surface area contributed by atoms with Gasteiger partial charge in [0.1, 0.15) is 5.82 Å². The molecule has 2 aromatic rings. The Labute approximate surface area is 115 Å². The van der Waals surface area contributed by atoms with Crippen LogP contribution in [-0.2, 0) is 0 Å². The molecule has 0 fully saturated rings. The lowest BCUT2D eigenvalue weighted by molar-refractivity contribution is 0.0901. The molecular formula is C14H16FNO2S. The molecule has 1 aromatic heterocycles. The third-order valence-electron chi connectivity index (χ3n) is 3.02. The zero-order valence-corrected chi connectivity index (χ0v) is 11.6. The minimum absolute atomic E-state index is 0.0943. The van der Waals surface area contributed by atoms with Gasteiger partial charge >= 0.3 is 0 Å². The van der Waals surface area contributed by atoms with Crippen molar-refractivity contribution in [3.63, 3.8) is 0 Å². The zero-order chi connectivity index (χ0) is 14.0. The summed E-state index contributed by atoms with van der Waals surface area (Å²) in [5.74, 6) is -0.386. The number of nitrogens with one attached hydrogen (secondary N) is 1. The van der Waals surface area contributed by atoms with Gasteiger partial charge in [-0.15, -0.1) is 11.3 Å². The maximum atomic E-state index is 13.1. The Morgan fingerprint density at radius 3 is 2.79 bits per heavy atom. The van der Waals surface area contributed by atoms with Crippen molar-refractivity contribution in [2.45, 2.75) is 19.9 Å². The van der Waals surface area contributed by atoms with Crippen molar-refractivity contribution in [3.05, 3.63) is 35.0 Å². The number of carbonyl (C=O) groups is 1. The molecule has 0 saturated heterocycles. The molecule has 0 aliphatic carbocycles. The van der Waals surface area contributed by atoms with E-state index in [1.54, 1.807) is 12.1 Å². The van der Waals surface area contributed by atoms with Crippen LogP contribution >= 0.6 is 11.3 Å². The number of hydrogen-bond acceptors (Lipinski definition) is 3. The van der Waals surface area contributed by atoms with Gasteiger partial charge in [-0.25, -0.2) is 4.39 Å². The van der Waals surface area contributed by atoms with Crippen molar-refractivity contribution in [2.75, 3.05) is 6.61 Å². The van der Waals surface area contributed by atoms with Gasteiger partial charge in [-0.05, 0) is 35.6 Å². The first kappa shape index (κ1) is 14.0. The Balaban J connectivity index is 2.21. The molecule has 0 bridgehead atoms. The first-order chi connectivity index (χ1) is 9.01. The van der Waals surface area contributed by atoms with E-state index >= 15 is 0 Å². The lowest BCUT2D eigenvalue weighted by Gasteiger charge is -2.19. The number of amides is 1. The Hall–Kier alpha value is -1.46. The summed E-state index contributed by atoms with van der Waals surface area (Å²) in [6, 6.07) is 5.86. The molecule has 102 valence electrons. The SMILES string of the molecule is CC(C)[C@@H](CO)NC(=O)c1cc2cc(F)ccc2s1. The van der Waals surface area contributed by atoms with Gasteiger partial charge in [-0.2, -0.15) is 0 Å². The van der Waals surface area contributed by atoms with Crippen molar-refractivity contribution in [2.24, 2.45) is 5.92 Å². The van der Waals surface area contributed by atoms with Gasteiger partial charge in [0, 0.05) is 4.70 Å². The summed E-state index contributed by atoms with van der Waals surface area (Å²) in [5.41, 5.74) is 0. The number of fused-ring (bicyclic) bond motifs is 1. The quantitative estimate of drug-likeness (QED) is 0.905. The van der Waals surface area contributed by atoms with Crippen LogP contribution in [0.3, 0.4) is 0 Å². The summed E-state index contributed by atoms with van der Waals surface area (Å²) >= 11 is 1.32. The van der Waals surface area contributed by atoms with Crippen LogP contribution in [0.5, 0.6) is 0 Å². The van der Waals surface area contributed by atoms with Gasteiger partial charge < -0.3 is 10.4 Å². The van der Waals surface area contributed by atoms with E-state index in [0.717, 1.165) is 10.1 Å². The highest BCUT2D eigenvalue weighted by Gasteiger charge is 2.17. The minimum atomic E-state index is -0.312. The topological polar surface area (TPSA) is 49.3 Å². The van der Waals surface area contributed by atoms with E-state index in [4.69, 9.17) is 0 Å². The van der Waals surface area contributed by atoms with E-state index < -0.39 is 0 Å². The summed E-state index contributed by atoms with van der Waals surface area (Å²) in [6.07, 6.45) is 0. The lowest BCUT2D eigenvalue weighted by Crippen LogP contribution is -2.40. The van der Waals surface area contributed by atoms with Gasteiger partial charge in [0.05, 0.1) is 17.5 Å². The second-order valence-electron chi connectivity index (χ2n) is 4.80. The van der Waals surface area contributed by atoms with Crippen molar-refractivity contribution in [3.8, 4) is 0 Å². The number of halogens is 1. The second kappa shape index (κ2) is 5.67. The minimum Gasteiger partial charge on any atom is -0.394 e. The van der Waals surface area contributed by atoms with Gasteiger partial charge in [-0.1, -0.05) is 13.8 Å². The summed E-state index contributed by atoms with van der Waals surface area (Å²) in [5, 5.41) is 12.7. The Kier molecular flexibility index (Phi) is 4.17. The molecule has 2 rings (SSSR count). The summed E-state index contributed by atoms with van der Waals surface area (Å²) in [7, 11) is 0.